The van der Waals surface area contributed by atoms with Gasteiger partial charge in [-0.3, -0.25) is 0 Å². The van der Waals surface area contributed by atoms with Crippen molar-refractivity contribution in [2.75, 3.05) is 0 Å². The summed E-state index contributed by atoms with van der Waals surface area (Å²) in [6.07, 6.45) is 7.41. The number of fused-ring (bicyclic) bond motifs is 2. The maximum Gasteiger partial charge on any atom is -0.00196 e. The van der Waals surface area contributed by atoms with Crippen molar-refractivity contribution in [2.24, 2.45) is 0 Å². The van der Waals surface area contributed by atoms with E-state index < -0.39 is 0 Å². The molecule has 0 saturated heterocycles. The van der Waals surface area contributed by atoms with Crippen LogP contribution in [0.2, 0.25) is 0 Å². The molecule has 0 radical (unpaired) electrons. The molecular formula is C54H52. The van der Waals surface area contributed by atoms with Crippen LogP contribution in [0.15, 0.2) is 195 Å². The number of aryl methyl sites for hydroxylation is 4. The highest BCUT2D eigenvalue weighted by atomic mass is 14.1. The molecular weight excluding hydrogens is 649 g/mol. The Labute approximate surface area is 323 Å². The van der Waals surface area contributed by atoms with E-state index in [4.69, 9.17) is 0 Å². The average Bonchev–Trinajstić information content (AvgIpc) is 3.20. The van der Waals surface area contributed by atoms with Gasteiger partial charge in [0.15, 0.2) is 0 Å². The Kier molecular flexibility index (Phi) is 13.4. The number of allylic oxidation sites excluding steroid dienone is 1. The third-order valence-electron chi connectivity index (χ3n) is 10.1. The van der Waals surface area contributed by atoms with E-state index in [1.807, 2.05) is 6.08 Å². The van der Waals surface area contributed by atoms with Crippen molar-refractivity contribution in [3.8, 4) is 11.1 Å². The first-order valence-corrected chi connectivity index (χ1v) is 19.3. The fourth-order valence-electron chi connectivity index (χ4n) is 7.19. The average molecular weight is 701 g/mol. The lowest BCUT2D eigenvalue weighted by molar-refractivity contribution is 0.843. The Morgan fingerprint density at radius 2 is 0.926 bits per heavy atom. The van der Waals surface area contributed by atoms with Gasteiger partial charge in [-0.15, -0.1) is 6.58 Å². The Bertz CT molecular complexity index is 2390. The number of unbranched alkanes of at least 4 members (excludes halogenated alkanes) is 1. The van der Waals surface area contributed by atoms with Crippen molar-refractivity contribution in [3.63, 3.8) is 0 Å². The quantitative estimate of drug-likeness (QED) is 0.104. The van der Waals surface area contributed by atoms with Crippen LogP contribution >= 0.6 is 0 Å². The smallest absolute Gasteiger partial charge is 0.00196 e. The molecule has 0 saturated carbocycles. The van der Waals surface area contributed by atoms with Gasteiger partial charge >= 0.3 is 0 Å². The van der Waals surface area contributed by atoms with Crippen LogP contribution < -0.4 is 0 Å². The predicted molar refractivity (Wildman–Crippen MR) is 236 cm³/mol. The van der Waals surface area contributed by atoms with Crippen molar-refractivity contribution in [1.82, 2.24) is 0 Å². The number of benzene rings is 8. The molecule has 0 heteroatoms. The maximum absolute atomic E-state index is 3.78. The van der Waals surface area contributed by atoms with Crippen LogP contribution in [0.4, 0.5) is 0 Å². The molecule has 0 atom stereocenters. The van der Waals surface area contributed by atoms with Crippen molar-refractivity contribution in [2.45, 2.75) is 52.9 Å². The molecule has 0 spiro atoms. The second-order valence-electron chi connectivity index (χ2n) is 14.2. The lowest BCUT2D eigenvalue weighted by Crippen LogP contribution is -1.91. The Balaban J connectivity index is 0.000000141. The largest absolute Gasteiger partial charge is 0.103 e. The molecule has 8 aromatic carbocycles. The third-order valence-corrected chi connectivity index (χ3v) is 10.1. The first-order valence-electron chi connectivity index (χ1n) is 19.3. The van der Waals surface area contributed by atoms with Gasteiger partial charge in [-0.2, -0.15) is 0 Å². The van der Waals surface area contributed by atoms with E-state index in [0.717, 1.165) is 25.7 Å². The molecule has 0 bridgehead atoms. The zero-order valence-corrected chi connectivity index (χ0v) is 32.1. The molecule has 0 N–H and O–H groups in total. The number of hydrogen-bond donors (Lipinski definition) is 0. The van der Waals surface area contributed by atoms with Gasteiger partial charge in [0.05, 0.1) is 0 Å². The number of rotatable bonds is 9. The standard InChI is InChI=1S/C22H22.C17H14.C15H16/c1-2-3-4-8-18-13-15-19(16-14-18)17-21-11-7-10-20-9-5-6-12-22(20)21;1-2-7-14(8-3-1)13-16-11-6-10-15-9-4-5-12-17(15)16;1-11-8-9-15(13(3)10-11)14-7-5-4-6-12(14)2/h2,5-7,9-16H,1,3-4,8,17H2;1-12H,13H2;4-10H,1-3H3. The summed E-state index contributed by atoms with van der Waals surface area (Å²) in [5, 5.41) is 5.36. The molecule has 0 fully saturated rings. The van der Waals surface area contributed by atoms with Gasteiger partial charge in [0.25, 0.3) is 0 Å². The first kappa shape index (κ1) is 37.8. The van der Waals surface area contributed by atoms with E-state index >= 15 is 0 Å². The van der Waals surface area contributed by atoms with Crippen LogP contribution in [0.25, 0.3) is 32.7 Å². The highest BCUT2D eigenvalue weighted by Crippen LogP contribution is 2.27. The molecule has 8 aromatic rings. The lowest BCUT2D eigenvalue weighted by atomic mass is 9.95. The molecule has 0 aliphatic carbocycles. The van der Waals surface area contributed by atoms with Crippen molar-refractivity contribution >= 4 is 21.5 Å². The van der Waals surface area contributed by atoms with E-state index in [9.17, 15) is 0 Å². The van der Waals surface area contributed by atoms with Crippen LogP contribution in [-0.4, -0.2) is 0 Å². The Morgan fingerprint density at radius 3 is 1.52 bits per heavy atom. The van der Waals surface area contributed by atoms with Crippen LogP contribution in [0, 0.1) is 20.8 Å². The summed E-state index contributed by atoms with van der Waals surface area (Å²) >= 11 is 0. The summed E-state index contributed by atoms with van der Waals surface area (Å²) in [4.78, 5) is 0. The number of hydrogen-bond acceptors (Lipinski definition) is 0. The van der Waals surface area contributed by atoms with E-state index in [1.165, 1.54) is 83.6 Å². The summed E-state index contributed by atoms with van der Waals surface area (Å²) < 4.78 is 0. The van der Waals surface area contributed by atoms with Crippen molar-refractivity contribution < 1.29 is 0 Å². The van der Waals surface area contributed by atoms with E-state index in [1.54, 1.807) is 0 Å². The molecule has 0 unspecified atom stereocenters. The van der Waals surface area contributed by atoms with Gasteiger partial charge in [0.1, 0.15) is 0 Å². The fraction of sp³-hybridized carbons (Fsp3) is 0.148. The molecule has 268 valence electrons. The zero-order valence-electron chi connectivity index (χ0n) is 32.1. The highest BCUT2D eigenvalue weighted by Gasteiger charge is 2.05. The van der Waals surface area contributed by atoms with E-state index in [2.05, 4.69) is 209 Å². The van der Waals surface area contributed by atoms with Crippen molar-refractivity contribution in [1.29, 1.82) is 0 Å². The van der Waals surface area contributed by atoms with Gasteiger partial charge in [-0.25, -0.2) is 0 Å². The predicted octanol–water partition coefficient (Wildman–Crippen LogP) is 14.6. The minimum atomic E-state index is 0.994. The van der Waals surface area contributed by atoms with Gasteiger partial charge in [0, 0.05) is 0 Å². The molecule has 8 rings (SSSR count). The van der Waals surface area contributed by atoms with Gasteiger partial charge in [0.2, 0.25) is 0 Å². The molecule has 0 aliphatic rings. The zero-order chi connectivity index (χ0) is 37.5. The SMILES string of the molecule is C=CCCCc1ccc(Cc2cccc3ccccc23)cc1.Cc1ccc(-c2ccccc2C)c(C)c1.c1ccc(Cc2cccc3ccccc23)cc1. The summed E-state index contributed by atoms with van der Waals surface area (Å²) in [5.41, 5.74) is 13.7. The Morgan fingerprint density at radius 1 is 0.426 bits per heavy atom. The fourth-order valence-corrected chi connectivity index (χ4v) is 7.19. The van der Waals surface area contributed by atoms with Gasteiger partial charge in [-0.1, -0.05) is 194 Å². The molecule has 0 amide bonds. The minimum absolute atomic E-state index is 0.994. The summed E-state index contributed by atoms with van der Waals surface area (Å²) in [5.74, 6) is 0. The summed E-state index contributed by atoms with van der Waals surface area (Å²) in [6, 6.07) is 65.1. The Hall–Kier alpha value is -5.98. The highest BCUT2D eigenvalue weighted by molar-refractivity contribution is 5.86. The summed E-state index contributed by atoms with van der Waals surface area (Å²) in [6.45, 7) is 10.2. The minimum Gasteiger partial charge on any atom is -0.103 e. The van der Waals surface area contributed by atoms with Crippen molar-refractivity contribution in [3.05, 3.63) is 239 Å². The normalized spacial score (nSPS) is 10.6. The topological polar surface area (TPSA) is 0 Å². The van der Waals surface area contributed by atoms with Gasteiger partial charge < -0.3 is 0 Å². The monoisotopic (exact) mass is 700 g/mol. The van der Waals surface area contributed by atoms with E-state index in [-0.39, 0.29) is 0 Å². The lowest BCUT2D eigenvalue weighted by Gasteiger charge is -2.09. The van der Waals surface area contributed by atoms with Crippen LogP contribution in [0.1, 0.15) is 57.3 Å². The van der Waals surface area contributed by atoms with Crippen LogP contribution in [-0.2, 0) is 19.3 Å². The van der Waals surface area contributed by atoms with Crippen LogP contribution in [0.3, 0.4) is 0 Å². The maximum atomic E-state index is 3.78. The van der Waals surface area contributed by atoms with Gasteiger partial charge in [-0.05, 0) is 124 Å². The molecule has 54 heavy (non-hydrogen) atoms. The first-order chi connectivity index (χ1) is 26.5. The molecule has 0 nitrogen and oxygen atoms in total. The summed E-state index contributed by atoms with van der Waals surface area (Å²) in [7, 11) is 0. The molecule has 0 aromatic heterocycles. The second-order valence-corrected chi connectivity index (χ2v) is 14.2. The molecule has 0 heterocycles. The third kappa shape index (κ3) is 10.3. The van der Waals surface area contributed by atoms with Crippen LogP contribution in [0.5, 0.6) is 0 Å². The molecule has 0 aliphatic heterocycles. The second kappa shape index (κ2) is 19.2. The van der Waals surface area contributed by atoms with E-state index in [0.29, 0.717) is 0 Å².